The Kier molecular flexibility index (Phi) is 3.87. The average molecular weight is 265 g/mol. The summed E-state index contributed by atoms with van der Waals surface area (Å²) in [5.74, 6) is 0.426. The number of methoxy groups -OCH3 is 1. The fraction of sp³-hybridized carbons (Fsp3) is 0.200. The minimum atomic E-state index is -0.421. The molecule has 0 aromatic heterocycles. The Bertz CT molecular complexity index is 554. The summed E-state index contributed by atoms with van der Waals surface area (Å²) in [6, 6.07) is 12.1. The summed E-state index contributed by atoms with van der Waals surface area (Å²) >= 11 is 6.41. The molecule has 2 aromatic carbocycles. The van der Waals surface area contributed by atoms with Gasteiger partial charge in [-0.05, 0) is 30.7 Å². The highest BCUT2D eigenvalue weighted by Gasteiger charge is 2.16. The first-order chi connectivity index (χ1) is 8.61. The normalized spacial score (nSPS) is 12.2. The van der Waals surface area contributed by atoms with Gasteiger partial charge in [0.2, 0.25) is 0 Å². The molecule has 1 atom stereocenters. The second-order valence-electron chi connectivity index (χ2n) is 4.16. The Balaban J connectivity index is 2.44. The quantitative estimate of drug-likeness (QED) is 0.743. The maximum atomic E-state index is 13.2. The van der Waals surface area contributed by atoms with Crippen molar-refractivity contribution in [2.45, 2.75) is 12.3 Å². The molecule has 0 bridgehead atoms. The molecule has 2 rings (SSSR count). The van der Waals surface area contributed by atoms with E-state index in [1.54, 1.807) is 13.2 Å². The van der Waals surface area contributed by atoms with Crippen molar-refractivity contribution in [1.82, 2.24) is 0 Å². The maximum Gasteiger partial charge on any atom is 0.123 e. The Morgan fingerprint density at radius 1 is 1.17 bits per heavy atom. The van der Waals surface area contributed by atoms with E-state index in [1.807, 2.05) is 31.2 Å². The SMILES string of the molecule is COc1ccc(C)cc1C(Cl)c1cccc(F)c1. The van der Waals surface area contributed by atoms with E-state index >= 15 is 0 Å². The number of hydrogen-bond acceptors (Lipinski definition) is 1. The van der Waals surface area contributed by atoms with Gasteiger partial charge in [-0.25, -0.2) is 4.39 Å². The van der Waals surface area contributed by atoms with E-state index in [-0.39, 0.29) is 5.82 Å². The minimum absolute atomic E-state index is 0.287. The Morgan fingerprint density at radius 3 is 2.61 bits per heavy atom. The van der Waals surface area contributed by atoms with E-state index in [9.17, 15) is 4.39 Å². The highest BCUT2D eigenvalue weighted by atomic mass is 35.5. The summed E-state index contributed by atoms with van der Waals surface area (Å²) in [6.45, 7) is 1.98. The van der Waals surface area contributed by atoms with Gasteiger partial charge in [0.15, 0.2) is 0 Å². The van der Waals surface area contributed by atoms with Gasteiger partial charge in [0.25, 0.3) is 0 Å². The Hall–Kier alpha value is -1.54. The number of ether oxygens (including phenoxy) is 1. The molecule has 0 spiro atoms. The molecular weight excluding hydrogens is 251 g/mol. The molecular formula is C15H14ClFO. The summed E-state index contributed by atoms with van der Waals surface area (Å²) in [4.78, 5) is 0. The lowest BCUT2D eigenvalue weighted by molar-refractivity contribution is 0.410. The van der Waals surface area contributed by atoms with Crippen molar-refractivity contribution in [2.24, 2.45) is 0 Å². The van der Waals surface area contributed by atoms with Gasteiger partial charge in [0.1, 0.15) is 11.6 Å². The smallest absolute Gasteiger partial charge is 0.123 e. The fourth-order valence-electron chi connectivity index (χ4n) is 1.90. The molecule has 0 radical (unpaired) electrons. The molecule has 0 heterocycles. The zero-order valence-corrected chi connectivity index (χ0v) is 11.0. The summed E-state index contributed by atoms with van der Waals surface area (Å²) in [6.07, 6.45) is 0. The molecule has 18 heavy (non-hydrogen) atoms. The molecule has 0 aliphatic carbocycles. The predicted octanol–water partition coefficient (Wildman–Crippen LogP) is 4.47. The van der Waals surface area contributed by atoms with Gasteiger partial charge in [0, 0.05) is 5.56 Å². The number of halogens is 2. The lowest BCUT2D eigenvalue weighted by Gasteiger charge is -2.15. The van der Waals surface area contributed by atoms with Crippen molar-refractivity contribution < 1.29 is 9.13 Å². The van der Waals surface area contributed by atoms with Gasteiger partial charge < -0.3 is 4.74 Å². The Labute approximate surface area is 111 Å². The summed E-state index contributed by atoms with van der Waals surface area (Å²) in [5.41, 5.74) is 2.66. The van der Waals surface area contributed by atoms with E-state index in [0.717, 1.165) is 16.7 Å². The highest BCUT2D eigenvalue weighted by molar-refractivity contribution is 6.22. The number of rotatable bonds is 3. The number of hydrogen-bond donors (Lipinski definition) is 0. The van der Waals surface area contributed by atoms with Crippen molar-refractivity contribution in [3.63, 3.8) is 0 Å². The van der Waals surface area contributed by atoms with Crippen LogP contribution in [0, 0.1) is 12.7 Å². The second kappa shape index (κ2) is 5.40. The van der Waals surface area contributed by atoms with Crippen molar-refractivity contribution in [3.8, 4) is 5.75 Å². The molecule has 0 saturated heterocycles. The van der Waals surface area contributed by atoms with E-state index < -0.39 is 5.38 Å². The van der Waals surface area contributed by atoms with Gasteiger partial charge in [0.05, 0.1) is 12.5 Å². The number of benzene rings is 2. The zero-order valence-electron chi connectivity index (χ0n) is 10.3. The summed E-state index contributed by atoms with van der Waals surface area (Å²) < 4.78 is 18.5. The van der Waals surface area contributed by atoms with Gasteiger partial charge in [-0.15, -0.1) is 11.6 Å². The zero-order chi connectivity index (χ0) is 13.1. The summed E-state index contributed by atoms with van der Waals surface area (Å²) in [5, 5.41) is -0.421. The number of alkyl halides is 1. The minimum Gasteiger partial charge on any atom is -0.496 e. The third-order valence-corrected chi connectivity index (χ3v) is 3.29. The van der Waals surface area contributed by atoms with Gasteiger partial charge in [-0.3, -0.25) is 0 Å². The van der Waals surface area contributed by atoms with Crippen molar-refractivity contribution in [3.05, 3.63) is 65.0 Å². The molecule has 0 amide bonds. The lowest BCUT2D eigenvalue weighted by atomic mass is 10.0. The van der Waals surface area contributed by atoms with E-state index in [1.165, 1.54) is 12.1 Å². The molecule has 0 N–H and O–H groups in total. The van der Waals surface area contributed by atoms with Crippen LogP contribution in [0.15, 0.2) is 42.5 Å². The van der Waals surface area contributed by atoms with E-state index in [4.69, 9.17) is 16.3 Å². The van der Waals surface area contributed by atoms with Crippen molar-refractivity contribution in [1.29, 1.82) is 0 Å². The maximum absolute atomic E-state index is 13.2. The van der Waals surface area contributed by atoms with Crippen LogP contribution in [0.25, 0.3) is 0 Å². The molecule has 1 unspecified atom stereocenters. The van der Waals surface area contributed by atoms with Crippen molar-refractivity contribution in [2.75, 3.05) is 7.11 Å². The first-order valence-corrected chi connectivity index (χ1v) is 6.09. The molecule has 94 valence electrons. The van der Waals surface area contributed by atoms with Crippen LogP contribution in [0.2, 0.25) is 0 Å². The molecule has 0 fully saturated rings. The van der Waals surface area contributed by atoms with Gasteiger partial charge in [-0.1, -0.05) is 29.8 Å². The third-order valence-electron chi connectivity index (χ3n) is 2.80. The van der Waals surface area contributed by atoms with Crippen LogP contribution in [-0.4, -0.2) is 7.11 Å². The van der Waals surface area contributed by atoms with Crippen LogP contribution in [-0.2, 0) is 0 Å². The highest BCUT2D eigenvalue weighted by Crippen LogP contribution is 2.35. The molecule has 2 aromatic rings. The largest absolute Gasteiger partial charge is 0.496 e. The Morgan fingerprint density at radius 2 is 1.94 bits per heavy atom. The van der Waals surface area contributed by atoms with Crippen LogP contribution in [0.3, 0.4) is 0 Å². The number of aryl methyl sites for hydroxylation is 1. The first-order valence-electron chi connectivity index (χ1n) is 5.66. The topological polar surface area (TPSA) is 9.23 Å². The van der Waals surface area contributed by atoms with Crippen LogP contribution < -0.4 is 4.74 Å². The predicted molar refractivity (Wildman–Crippen MR) is 71.8 cm³/mol. The lowest BCUT2D eigenvalue weighted by Crippen LogP contribution is -1.98. The summed E-state index contributed by atoms with van der Waals surface area (Å²) in [7, 11) is 1.60. The third kappa shape index (κ3) is 2.65. The van der Waals surface area contributed by atoms with Gasteiger partial charge >= 0.3 is 0 Å². The van der Waals surface area contributed by atoms with Crippen LogP contribution >= 0.6 is 11.6 Å². The fourth-order valence-corrected chi connectivity index (χ4v) is 2.20. The van der Waals surface area contributed by atoms with E-state index in [2.05, 4.69) is 0 Å². The molecule has 0 aliphatic rings. The van der Waals surface area contributed by atoms with Crippen LogP contribution in [0.5, 0.6) is 5.75 Å². The monoisotopic (exact) mass is 264 g/mol. The molecule has 0 aliphatic heterocycles. The first kappa shape index (κ1) is 12.9. The second-order valence-corrected chi connectivity index (χ2v) is 4.60. The molecule has 3 heteroatoms. The van der Waals surface area contributed by atoms with Gasteiger partial charge in [-0.2, -0.15) is 0 Å². The van der Waals surface area contributed by atoms with Crippen LogP contribution in [0.1, 0.15) is 22.1 Å². The average Bonchev–Trinajstić information content (AvgIpc) is 2.38. The van der Waals surface area contributed by atoms with E-state index in [0.29, 0.717) is 5.75 Å². The van der Waals surface area contributed by atoms with Crippen LogP contribution in [0.4, 0.5) is 4.39 Å². The standard InChI is InChI=1S/C15H14ClFO/c1-10-6-7-14(18-2)13(8-10)15(16)11-4-3-5-12(17)9-11/h3-9,15H,1-2H3. The molecule has 0 saturated carbocycles. The van der Waals surface area contributed by atoms with Crippen molar-refractivity contribution >= 4 is 11.6 Å². The molecule has 1 nitrogen and oxygen atoms in total.